The number of rotatable bonds is 4. The molecule has 0 spiro atoms. The average molecular weight is 327 g/mol. The van der Waals surface area contributed by atoms with Gasteiger partial charge in [0.15, 0.2) is 5.82 Å². The lowest BCUT2D eigenvalue weighted by Gasteiger charge is -2.08. The van der Waals surface area contributed by atoms with E-state index in [1.807, 2.05) is 22.9 Å². The quantitative estimate of drug-likeness (QED) is 0.645. The van der Waals surface area contributed by atoms with Crippen molar-refractivity contribution >= 4 is 34.0 Å². The van der Waals surface area contributed by atoms with E-state index in [4.69, 9.17) is 11.6 Å². The van der Waals surface area contributed by atoms with Crippen LogP contribution >= 0.6 is 22.9 Å². The van der Waals surface area contributed by atoms with Crippen LogP contribution in [0.2, 0.25) is 0 Å². The van der Waals surface area contributed by atoms with Gasteiger partial charge in [0.25, 0.3) is 0 Å². The first-order valence-electron chi connectivity index (χ1n) is 6.53. The molecule has 3 rings (SSSR count). The lowest BCUT2D eigenvalue weighted by Crippen LogP contribution is -2.05. The Balaban J connectivity index is 2.18. The Labute approximate surface area is 130 Å². The monoisotopic (exact) mass is 326 g/mol. The van der Waals surface area contributed by atoms with Crippen LogP contribution in [-0.2, 0) is 13.0 Å². The van der Waals surface area contributed by atoms with Crippen LogP contribution in [-0.4, -0.2) is 15.4 Å². The number of thiophene rings is 1. The van der Waals surface area contributed by atoms with Crippen molar-refractivity contribution in [2.45, 2.75) is 19.9 Å². The van der Waals surface area contributed by atoms with Gasteiger partial charge in [0.2, 0.25) is 0 Å². The van der Waals surface area contributed by atoms with Crippen LogP contribution < -0.4 is 0 Å². The van der Waals surface area contributed by atoms with Gasteiger partial charge in [-0.3, -0.25) is 0 Å². The number of imidazole rings is 1. The summed E-state index contributed by atoms with van der Waals surface area (Å²) in [6, 6.07) is 4.22. The second kappa shape index (κ2) is 5.73. The largest absolute Gasteiger partial charge is 0.322 e. The van der Waals surface area contributed by atoms with Crippen LogP contribution in [0.4, 0.5) is 8.78 Å². The van der Waals surface area contributed by atoms with E-state index in [-0.39, 0.29) is 5.52 Å². The number of benzene rings is 1. The summed E-state index contributed by atoms with van der Waals surface area (Å²) in [7, 11) is 0. The van der Waals surface area contributed by atoms with Crippen LogP contribution in [0.15, 0.2) is 23.6 Å². The van der Waals surface area contributed by atoms with E-state index in [0.29, 0.717) is 30.2 Å². The molecule has 1 aromatic carbocycles. The van der Waals surface area contributed by atoms with Crippen LogP contribution in [0.3, 0.4) is 0 Å². The second-order valence-electron chi connectivity index (χ2n) is 4.84. The fourth-order valence-corrected chi connectivity index (χ4v) is 3.42. The Morgan fingerprint density at radius 2 is 2.14 bits per heavy atom. The molecule has 0 atom stereocenters. The van der Waals surface area contributed by atoms with E-state index in [1.165, 1.54) is 6.07 Å². The summed E-state index contributed by atoms with van der Waals surface area (Å²) >= 11 is 7.42. The molecule has 0 saturated heterocycles. The molecule has 0 amide bonds. The van der Waals surface area contributed by atoms with Gasteiger partial charge in [0, 0.05) is 23.2 Å². The number of hydrogen-bond acceptors (Lipinski definition) is 2. The zero-order chi connectivity index (χ0) is 15.0. The highest BCUT2D eigenvalue weighted by atomic mass is 35.5. The highest BCUT2D eigenvalue weighted by Gasteiger charge is 2.16. The molecule has 0 bridgehead atoms. The molecule has 0 N–H and O–H groups in total. The van der Waals surface area contributed by atoms with Gasteiger partial charge in [-0.1, -0.05) is 0 Å². The van der Waals surface area contributed by atoms with E-state index < -0.39 is 11.6 Å². The molecule has 0 radical (unpaired) electrons. The minimum Gasteiger partial charge on any atom is -0.322 e. The van der Waals surface area contributed by atoms with Crippen molar-refractivity contribution in [1.29, 1.82) is 0 Å². The maximum atomic E-state index is 13.9. The average Bonchev–Trinajstić information content (AvgIpc) is 2.97. The Morgan fingerprint density at radius 3 is 2.81 bits per heavy atom. The molecule has 3 aromatic rings. The number of alkyl halides is 1. The van der Waals surface area contributed by atoms with Crippen molar-refractivity contribution in [2.24, 2.45) is 0 Å². The summed E-state index contributed by atoms with van der Waals surface area (Å²) in [5, 5.41) is 2.01. The van der Waals surface area contributed by atoms with Crippen LogP contribution in [0.5, 0.6) is 0 Å². The topological polar surface area (TPSA) is 17.8 Å². The standard InChI is InChI=1S/C15H13ClF2N2S/c1-9-3-5-21-13(9)8-20-12-7-10(17)6-11(18)15(12)19-14(20)2-4-16/h3,5-7H,2,4,8H2,1H3. The molecular formula is C15H13ClF2N2S. The van der Waals surface area contributed by atoms with Crippen LogP contribution in [0.1, 0.15) is 16.3 Å². The Kier molecular flexibility index (Phi) is 3.95. The van der Waals surface area contributed by atoms with Gasteiger partial charge in [0.05, 0.1) is 12.1 Å². The van der Waals surface area contributed by atoms with E-state index >= 15 is 0 Å². The molecule has 21 heavy (non-hydrogen) atoms. The predicted octanol–water partition coefficient (Wildman–Crippen LogP) is 4.51. The maximum Gasteiger partial charge on any atom is 0.153 e. The molecule has 2 aromatic heterocycles. The fourth-order valence-electron chi connectivity index (χ4n) is 2.36. The first-order valence-corrected chi connectivity index (χ1v) is 7.94. The lowest BCUT2D eigenvalue weighted by molar-refractivity contribution is 0.590. The summed E-state index contributed by atoms with van der Waals surface area (Å²) in [5.41, 5.74) is 1.83. The van der Waals surface area contributed by atoms with Crippen molar-refractivity contribution in [3.63, 3.8) is 0 Å². The molecule has 0 aliphatic rings. The lowest BCUT2D eigenvalue weighted by atomic mass is 10.2. The zero-order valence-corrected chi connectivity index (χ0v) is 12.9. The normalized spacial score (nSPS) is 11.4. The number of nitrogens with zero attached hydrogens (tertiary/aromatic N) is 2. The van der Waals surface area contributed by atoms with Crippen molar-refractivity contribution < 1.29 is 8.78 Å². The maximum absolute atomic E-state index is 13.9. The Hall–Kier alpha value is -1.46. The summed E-state index contributed by atoms with van der Waals surface area (Å²) in [4.78, 5) is 5.44. The smallest absolute Gasteiger partial charge is 0.153 e. The molecule has 0 aliphatic heterocycles. The van der Waals surface area contributed by atoms with Gasteiger partial charge in [-0.05, 0) is 30.0 Å². The van der Waals surface area contributed by atoms with Crippen molar-refractivity contribution in [2.75, 3.05) is 5.88 Å². The van der Waals surface area contributed by atoms with Crippen molar-refractivity contribution in [3.8, 4) is 0 Å². The van der Waals surface area contributed by atoms with E-state index in [9.17, 15) is 8.78 Å². The van der Waals surface area contributed by atoms with Gasteiger partial charge in [0.1, 0.15) is 17.2 Å². The summed E-state index contributed by atoms with van der Waals surface area (Å²) in [6.45, 7) is 2.57. The predicted molar refractivity (Wildman–Crippen MR) is 82.2 cm³/mol. The van der Waals surface area contributed by atoms with Crippen LogP contribution in [0, 0.1) is 18.6 Å². The van der Waals surface area contributed by atoms with Crippen molar-refractivity contribution in [1.82, 2.24) is 9.55 Å². The molecule has 0 aliphatic carbocycles. The van der Waals surface area contributed by atoms with Gasteiger partial charge < -0.3 is 4.57 Å². The highest BCUT2D eigenvalue weighted by molar-refractivity contribution is 7.10. The molecule has 0 saturated carbocycles. The number of halogens is 3. The third-order valence-corrected chi connectivity index (χ3v) is 4.64. The summed E-state index contributed by atoms with van der Waals surface area (Å²) < 4.78 is 29.3. The number of fused-ring (bicyclic) bond motifs is 1. The molecule has 6 heteroatoms. The fraction of sp³-hybridized carbons (Fsp3) is 0.267. The van der Waals surface area contributed by atoms with Gasteiger partial charge in [-0.25, -0.2) is 13.8 Å². The third kappa shape index (κ3) is 2.68. The summed E-state index contributed by atoms with van der Waals surface area (Å²) in [5.74, 6) is -0.169. The SMILES string of the molecule is Cc1ccsc1Cn1c(CCCl)nc2c(F)cc(F)cc21. The zero-order valence-electron chi connectivity index (χ0n) is 11.4. The van der Waals surface area contributed by atoms with Crippen LogP contribution in [0.25, 0.3) is 11.0 Å². The van der Waals surface area contributed by atoms with Crippen molar-refractivity contribution in [3.05, 3.63) is 51.5 Å². The number of hydrogen-bond donors (Lipinski definition) is 0. The number of aromatic nitrogens is 2. The molecule has 2 nitrogen and oxygen atoms in total. The Morgan fingerprint density at radius 1 is 1.33 bits per heavy atom. The molecule has 0 fully saturated rings. The van der Waals surface area contributed by atoms with E-state index in [0.717, 1.165) is 16.5 Å². The second-order valence-corrected chi connectivity index (χ2v) is 6.21. The van der Waals surface area contributed by atoms with Gasteiger partial charge in [-0.15, -0.1) is 22.9 Å². The molecule has 110 valence electrons. The Bertz CT molecular complexity index is 794. The minimum atomic E-state index is -0.637. The van der Waals surface area contributed by atoms with E-state index in [1.54, 1.807) is 11.3 Å². The van der Waals surface area contributed by atoms with Gasteiger partial charge >= 0.3 is 0 Å². The van der Waals surface area contributed by atoms with Gasteiger partial charge in [-0.2, -0.15) is 0 Å². The van der Waals surface area contributed by atoms with E-state index in [2.05, 4.69) is 4.98 Å². The first kappa shape index (κ1) is 14.5. The third-order valence-electron chi connectivity index (χ3n) is 3.44. The summed E-state index contributed by atoms with van der Waals surface area (Å²) in [6.07, 6.45) is 0.516. The number of aryl methyl sites for hydroxylation is 2. The highest BCUT2D eigenvalue weighted by Crippen LogP contribution is 2.25. The minimum absolute atomic E-state index is 0.200. The molecule has 2 heterocycles. The molecule has 0 unspecified atom stereocenters. The molecular weight excluding hydrogens is 314 g/mol. The first-order chi connectivity index (χ1) is 10.1.